The average molecular weight is 316 g/mol. The molecule has 1 aromatic rings. The molecule has 1 rings (SSSR count). The Hall–Kier alpha value is -1.57. The van der Waals surface area contributed by atoms with Crippen molar-refractivity contribution in [2.75, 3.05) is 6.61 Å². The largest absolute Gasteiger partial charge is 0.479 e. The third kappa shape index (κ3) is 3.30. The molecular weight excluding hydrogens is 301 g/mol. The number of carbonyl (C=O) groups excluding carboxylic acids is 1. The van der Waals surface area contributed by atoms with Crippen molar-refractivity contribution in [3.63, 3.8) is 0 Å². The molecule has 1 aromatic carbocycles. The smallest absolute Gasteiger partial charge is 0.410 e. The first-order valence-corrected chi connectivity index (χ1v) is 6.79. The van der Waals surface area contributed by atoms with Crippen molar-refractivity contribution in [1.29, 1.82) is 0 Å². The van der Waals surface area contributed by atoms with E-state index in [1.54, 1.807) is 0 Å². The molecule has 0 saturated heterocycles. The Labute approximate surface area is 128 Å². The summed E-state index contributed by atoms with van der Waals surface area (Å²) in [4.78, 5) is 11.0. The van der Waals surface area contributed by atoms with Crippen LogP contribution in [-0.4, -0.2) is 12.7 Å². The van der Waals surface area contributed by atoms with Gasteiger partial charge in [0.05, 0.1) is 10.0 Å². The van der Waals surface area contributed by atoms with E-state index >= 15 is 0 Å². The van der Waals surface area contributed by atoms with Gasteiger partial charge in [-0.2, -0.15) is 0 Å². The molecule has 0 heterocycles. The number of rotatable bonds is 5. The fourth-order valence-electron chi connectivity index (χ4n) is 1.84. The van der Waals surface area contributed by atoms with E-state index in [0.29, 0.717) is 34.7 Å². The molecule has 0 aliphatic heterocycles. The zero-order valence-electron chi connectivity index (χ0n) is 11.3. The molecule has 0 radical (unpaired) electrons. The molecule has 2 N–H and O–H groups in total. The number of benzene rings is 1. The number of hydrogen-bond acceptors (Lipinski definition) is 3. The zero-order valence-corrected chi connectivity index (χ0v) is 12.8. The summed E-state index contributed by atoms with van der Waals surface area (Å²) in [5, 5.41) is 0.641. The molecule has 108 valence electrons. The van der Waals surface area contributed by atoms with Gasteiger partial charge in [0.1, 0.15) is 12.4 Å². The van der Waals surface area contributed by atoms with Crippen molar-refractivity contribution in [2.24, 2.45) is 5.73 Å². The zero-order chi connectivity index (χ0) is 15.3. The highest BCUT2D eigenvalue weighted by Crippen LogP contribution is 2.45. The third-order valence-electron chi connectivity index (χ3n) is 2.69. The summed E-state index contributed by atoms with van der Waals surface area (Å²) in [5.41, 5.74) is 6.25. The summed E-state index contributed by atoms with van der Waals surface area (Å²) >= 11 is 12.5. The second-order valence-electron chi connectivity index (χ2n) is 3.86. The molecule has 6 heteroatoms. The summed E-state index contributed by atoms with van der Waals surface area (Å²) < 4.78 is 10.5. The topological polar surface area (TPSA) is 61.6 Å². The Morgan fingerprint density at radius 3 is 2.20 bits per heavy atom. The molecule has 1 amide bonds. The Morgan fingerprint density at radius 2 is 1.75 bits per heavy atom. The Morgan fingerprint density at radius 1 is 1.20 bits per heavy atom. The minimum atomic E-state index is -0.950. The van der Waals surface area contributed by atoms with E-state index < -0.39 is 6.09 Å². The molecule has 20 heavy (non-hydrogen) atoms. The molecule has 0 aliphatic carbocycles. The van der Waals surface area contributed by atoms with Crippen molar-refractivity contribution in [1.82, 2.24) is 0 Å². The second kappa shape index (κ2) is 7.28. The lowest BCUT2D eigenvalue weighted by molar-refractivity contribution is 0.210. The minimum absolute atomic E-state index is 0.0491. The van der Waals surface area contributed by atoms with Crippen LogP contribution in [0, 0.1) is 12.3 Å². The minimum Gasteiger partial charge on any atom is -0.479 e. The second-order valence-corrected chi connectivity index (χ2v) is 4.62. The summed E-state index contributed by atoms with van der Waals surface area (Å²) in [6, 6.07) is 0. The van der Waals surface area contributed by atoms with Crippen LogP contribution in [0.2, 0.25) is 10.0 Å². The van der Waals surface area contributed by atoms with Crippen LogP contribution in [0.4, 0.5) is 4.79 Å². The van der Waals surface area contributed by atoms with Gasteiger partial charge in [0.25, 0.3) is 0 Å². The molecule has 0 saturated carbocycles. The molecule has 0 spiro atoms. The first-order chi connectivity index (χ1) is 9.47. The number of hydrogen-bond donors (Lipinski definition) is 1. The lowest BCUT2D eigenvalue weighted by Crippen LogP contribution is -2.18. The number of primary amides is 1. The molecule has 0 aromatic heterocycles. The van der Waals surface area contributed by atoms with Gasteiger partial charge >= 0.3 is 6.09 Å². The maximum absolute atomic E-state index is 11.0. The Bertz CT molecular complexity index is 565. The summed E-state index contributed by atoms with van der Waals surface area (Å²) in [5.74, 6) is 2.92. The number of terminal acetylenes is 1. The molecule has 0 unspecified atom stereocenters. The fraction of sp³-hybridized carbons (Fsp3) is 0.357. The van der Waals surface area contributed by atoms with E-state index in [-0.39, 0.29) is 17.4 Å². The van der Waals surface area contributed by atoms with E-state index in [9.17, 15) is 4.79 Å². The SMILES string of the molecule is C#CCOc1c(Cl)c(CC)c(Cl)c(OC(N)=O)c1CC. The predicted octanol–water partition coefficient (Wildman–Crippen LogP) is 3.59. The van der Waals surface area contributed by atoms with Crippen molar-refractivity contribution in [2.45, 2.75) is 26.7 Å². The standard InChI is InChI=1S/C14H15Cl2NO3/c1-4-7-19-12-9(6-3)13(20-14(17)18)11(16)8(5-2)10(12)15/h1H,5-7H2,2-3H3,(H2,17,18). The van der Waals surface area contributed by atoms with E-state index in [0.717, 1.165) is 0 Å². The van der Waals surface area contributed by atoms with E-state index in [2.05, 4.69) is 5.92 Å². The van der Waals surface area contributed by atoms with Crippen LogP contribution in [0.3, 0.4) is 0 Å². The quantitative estimate of drug-likeness (QED) is 0.845. The summed E-state index contributed by atoms with van der Waals surface area (Å²) in [6.45, 7) is 3.77. The maximum Gasteiger partial charge on any atom is 0.410 e. The normalized spacial score (nSPS) is 9.95. The number of halogens is 2. The van der Waals surface area contributed by atoms with Gasteiger partial charge in [-0.25, -0.2) is 4.79 Å². The van der Waals surface area contributed by atoms with E-state index in [4.69, 9.17) is 44.8 Å². The Kier molecular flexibility index (Phi) is 6.00. The van der Waals surface area contributed by atoms with Crippen LogP contribution in [-0.2, 0) is 12.8 Å². The summed E-state index contributed by atoms with van der Waals surface area (Å²) in [7, 11) is 0. The number of carbonyl (C=O) groups is 1. The van der Waals surface area contributed by atoms with Crippen LogP contribution in [0.15, 0.2) is 0 Å². The van der Waals surface area contributed by atoms with Crippen molar-refractivity contribution < 1.29 is 14.3 Å². The fourth-order valence-corrected chi connectivity index (χ4v) is 2.67. The molecule has 0 atom stereocenters. The molecule has 0 fully saturated rings. The lowest BCUT2D eigenvalue weighted by atomic mass is 10.0. The van der Waals surface area contributed by atoms with Crippen LogP contribution in [0.5, 0.6) is 11.5 Å². The molecule has 0 bridgehead atoms. The third-order valence-corrected chi connectivity index (χ3v) is 3.49. The number of amides is 1. The predicted molar refractivity (Wildman–Crippen MR) is 79.8 cm³/mol. The van der Waals surface area contributed by atoms with Gasteiger partial charge in [-0.05, 0) is 18.4 Å². The van der Waals surface area contributed by atoms with Crippen LogP contribution >= 0.6 is 23.2 Å². The van der Waals surface area contributed by atoms with Crippen molar-refractivity contribution >= 4 is 29.3 Å². The highest BCUT2D eigenvalue weighted by atomic mass is 35.5. The van der Waals surface area contributed by atoms with Crippen LogP contribution < -0.4 is 15.2 Å². The van der Waals surface area contributed by atoms with Gasteiger partial charge in [0.2, 0.25) is 0 Å². The molecular formula is C14H15Cl2NO3. The average Bonchev–Trinajstić information content (AvgIpc) is 2.40. The molecule has 0 aliphatic rings. The lowest BCUT2D eigenvalue weighted by Gasteiger charge is -2.19. The first-order valence-electron chi connectivity index (χ1n) is 6.04. The van der Waals surface area contributed by atoms with Crippen molar-refractivity contribution in [3.8, 4) is 23.8 Å². The van der Waals surface area contributed by atoms with Gasteiger partial charge in [-0.1, -0.05) is 43.0 Å². The van der Waals surface area contributed by atoms with Crippen molar-refractivity contribution in [3.05, 3.63) is 21.2 Å². The van der Waals surface area contributed by atoms with Gasteiger partial charge in [0.15, 0.2) is 5.75 Å². The van der Waals surface area contributed by atoms with Gasteiger partial charge < -0.3 is 15.2 Å². The van der Waals surface area contributed by atoms with Crippen LogP contribution in [0.25, 0.3) is 0 Å². The van der Waals surface area contributed by atoms with Gasteiger partial charge in [-0.15, -0.1) is 6.42 Å². The van der Waals surface area contributed by atoms with E-state index in [1.807, 2.05) is 13.8 Å². The van der Waals surface area contributed by atoms with E-state index in [1.165, 1.54) is 0 Å². The summed E-state index contributed by atoms with van der Waals surface area (Å²) in [6.07, 6.45) is 5.27. The first kappa shape index (κ1) is 16.5. The maximum atomic E-state index is 11.0. The highest BCUT2D eigenvalue weighted by molar-refractivity contribution is 6.38. The molecule has 4 nitrogen and oxygen atoms in total. The number of ether oxygens (including phenoxy) is 2. The van der Waals surface area contributed by atoms with Crippen LogP contribution in [0.1, 0.15) is 25.0 Å². The highest BCUT2D eigenvalue weighted by Gasteiger charge is 2.23. The van der Waals surface area contributed by atoms with Gasteiger partial charge in [0, 0.05) is 5.56 Å². The number of nitrogens with two attached hydrogens (primary N) is 1. The Balaban J connectivity index is 3.56. The van der Waals surface area contributed by atoms with Gasteiger partial charge in [-0.3, -0.25) is 0 Å². The monoisotopic (exact) mass is 315 g/mol.